The molecule has 0 saturated carbocycles. The first kappa shape index (κ1) is 21.9. The van der Waals surface area contributed by atoms with Crippen LogP contribution in [0.1, 0.15) is 17.3 Å². The van der Waals surface area contributed by atoms with Gasteiger partial charge in [-0.1, -0.05) is 30.3 Å². The number of piperazine rings is 1. The minimum Gasteiger partial charge on any atom is -0.462 e. The molecule has 3 aromatic rings. The SMILES string of the molecule is CCOC(=O)c1c(-c2ccccc2)csc1NC(=O)CN1CCN(c2ncccn2)CC1. The molecule has 1 aliphatic heterocycles. The van der Waals surface area contributed by atoms with E-state index in [0.717, 1.165) is 37.3 Å². The number of carbonyl (C=O) groups is 2. The molecule has 1 N–H and O–H groups in total. The van der Waals surface area contributed by atoms with E-state index in [2.05, 4.69) is 25.1 Å². The van der Waals surface area contributed by atoms with Crippen molar-refractivity contribution in [3.63, 3.8) is 0 Å². The van der Waals surface area contributed by atoms with Crippen molar-refractivity contribution in [3.05, 3.63) is 59.7 Å². The minimum atomic E-state index is -0.431. The molecule has 9 heteroatoms. The maximum absolute atomic E-state index is 12.8. The van der Waals surface area contributed by atoms with Crippen molar-refractivity contribution in [2.24, 2.45) is 0 Å². The fraction of sp³-hybridized carbons (Fsp3) is 0.304. The van der Waals surface area contributed by atoms with Crippen LogP contribution in [0.25, 0.3) is 11.1 Å². The van der Waals surface area contributed by atoms with Crippen LogP contribution in [0.3, 0.4) is 0 Å². The van der Waals surface area contributed by atoms with Crippen LogP contribution < -0.4 is 10.2 Å². The van der Waals surface area contributed by atoms with E-state index < -0.39 is 5.97 Å². The highest BCUT2D eigenvalue weighted by Crippen LogP contribution is 2.36. The Hall–Kier alpha value is -3.30. The molecule has 1 aromatic carbocycles. The monoisotopic (exact) mass is 451 g/mol. The van der Waals surface area contributed by atoms with Gasteiger partial charge in [0, 0.05) is 49.5 Å². The Balaban J connectivity index is 1.41. The number of esters is 1. The van der Waals surface area contributed by atoms with E-state index in [1.54, 1.807) is 25.4 Å². The molecule has 1 aliphatic rings. The summed E-state index contributed by atoms with van der Waals surface area (Å²) < 4.78 is 5.26. The lowest BCUT2D eigenvalue weighted by Crippen LogP contribution is -2.49. The third-order valence-electron chi connectivity index (χ3n) is 5.18. The van der Waals surface area contributed by atoms with Gasteiger partial charge < -0.3 is 15.0 Å². The highest BCUT2D eigenvalue weighted by molar-refractivity contribution is 7.15. The van der Waals surface area contributed by atoms with Crippen LogP contribution in [0, 0.1) is 0 Å². The smallest absolute Gasteiger partial charge is 0.341 e. The summed E-state index contributed by atoms with van der Waals surface area (Å²) in [6.07, 6.45) is 3.46. The third kappa shape index (κ3) is 5.12. The highest BCUT2D eigenvalue weighted by atomic mass is 32.1. The average Bonchev–Trinajstić information content (AvgIpc) is 3.24. The number of hydrogen-bond donors (Lipinski definition) is 1. The van der Waals surface area contributed by atoms with Crippen LogP contribution >= 0.6 is 11.3 Å². The molecular weight excluding hydrogens is 426 g/mol. The van der Waals surface area contributed by atoms with E-state index in [1.165, 1.54) is 11.3 Å². The van der Waals surface area contributed by atoms with Crippen molar-refractivity contribution >= 4 is 34.2 Å². The van der Waals surface area contributed by atoms with Gasteiger partial charge in [-0.15, -0.1) is 11.3 Å². The first-order valence-corrected chi connectivity index (χ1v) is 11.4. The molecule has 3 heterocycles. The molecule has 0 spiro atoms. The third-order valence-corrected chi connectivity index (χ3v) is 6.08. The van der Waals surface area contributed by atoms with E-state index >= 15 is 0 Å². The molecule has 1 amide bonds. The number of hydrogen-bond acceptors (Lipinski definition) is 8. The molecule has 1 fully saturated rings. The topological polar surface area (TPSA) is 87.7 Å². The number of nitrogens with zero attached hydrogens (tertiary/aromatic N) is 4. The molecule has 4 rings (SSSR count). The van der Waals surface area contributed by atoms with Gasteiger partial charge in [-0.05, 0) is 18.6 Å². The van der Waals surface area contributed by atoms with E-state index in [4.69, 9.17) is 4.74 Å². The van der Waals surface area contributed by atoms with Gasteiger partial charge in [0.15, 0.2) is 0 Å². The van der Waals surface area contributed by atoms with Crippen LogP contribution in [0.2, 0.25) is 0 Å². The predicted molar refractivity (Wildman–Crippen MR) is 125 cm³/mol. The summed E-state index contributed by atoms with van der Waals surface area (Å²) in [5.41, 5.74) is 2.08. The van der Waals surface area contributed by atoms with Gasteiger partial charge in [0.1, 0.15) is 10.6 Å². The Bertz CT molecular complexity index is 1050. The summed E-state index contributed by atoms with van der Waals surface area (Å²) in [4.78, 5) is 38.2. The Morgan fingerprint density at radius 3 is 2.47 bits per heavy atom. The summed E-state index contributed by atoms with van der Waals surface area (Å²) in [7, 11) is 0. The molecule has 2 aromatic heterocycles. The Morgan fingerprint density at radius 1 is 1.06 bits per heavy atom. The first-order chi connectivity index (χ1) is 15.7. The van der Waals surface area contributed by atoms with E-state index in [0.29, 0.717) is 16.5 Å². The zero-order valence-corrected chi connectivity index (χ0v) is 18.7. The van der Waals surface area contributed by atoms with Crippen molar-refractivity contribution in [3.8, 4) is 11.1 Å². The summed E-state index contributed by atoms with van der Waals surface area (Å²) in [5, 5.41) is 5.33. The van der Waals surface area contributed by atoms with Crippen LogP contribution in [0.5, 0.6) is 0 Å². The predicted octanol–water partition coefficient (Wildman–Crippen LogP) is 3.14. The second kappa shape index (κ2) is 10.3. The van der Waals surface area contributed by atoms with Gasteiger partial charge in [0.25, 0.3) is 0 Å². The fourth-order valence-corrected chi connectivity index (χ4v) is 4.59. The number of benzene rings is 1. The molecule has 0 unspecified atom stereocenters. The summed E-state index contributed by atoms with van der Waals surface area (Å²) in [5.74, 6) is 0.128. The Morgan fingerprint density at radius 2 is 1.78 bits per heavy atom. The fourth-order valence-electron chi connectivity index (χ4n) is 3.62. The van der Waals surface area contributed by atoms with Gasteiger partial charge in [-0.3, -0.25) is 9.69 Å². The molecule has 0 bridgehead atoms. The zero-order chi connectivity index (χ0) is 22.3. The van der Waals surface area contributed by atoms with Crippen LogP contribution in [-0.2, 0) is 9.53 Å². The number of aromatic nitrogens is 2. The van der Waals surface area contributed by atoms with E-state index in [9.17, 15) is 9.59 Å². The van der Waals surface area contributed by atoms with Crippen LogP contribution in [0.4, 0.5) is 10.9 Å². The Labute approximate surface area is 190 Å². The van der Waals surface area contributed by atoms with Crippen molar-refractivity contribution in [2.75, 3.05) is 49.5 Å². The molecule has 8 nitrogen and oxygen atoms in total. The van der Waals surface area contributed by atoms with Crippen LogP contribution in [0.15, 0.2) is 54.2 Å². The number of carbonyl (C=O) groups excluding carboxylic acids is 2. The number of rotatable bonds is 7. The van der Waals surface area contributed by atoms with E-state index in [-0.39, 0.29) is 19.1 Å². The van der Waals surface area contributed by atoms with Crippen molar-refractivity contribution in [2.45, 2.75) is 6.92 Å². The number of amides is 1. The molecule has 32 heavy (non-hydrogen) atoms. The minimum absolute atomic E-state index is 0.151. The average molecular weight is 452 g/mol. The molecule has 166 valence electrons. The quantitative estimate of drug-likeness (QED) is 0.552. The second-order valence-corrected chi connectivity index (χ2v) is 8.18. The van der Waals surface area contributed by atoms with Gasteiger partial charge in [-0.2, -0.15) is 0 Å². The lowest BCUT2D eigenvalue weighted by molar-refractivity contribution is -0.117. The van der Waals surface area contributed by atoms with Gasteiger partial charge in [0.2, 0.25) is 11.9 Å². The number of nitrogens with one attached hydrogen (secondary N) is 1. The van der Waals surface area contributed by atoms with Gasteiger partial charge in [0.05, 0.1) is 13.2 Å². The first-order valence-electron chi connectivity index (χ1n) is 10.5. The standard InChI is InChI=1S/C23H25N5O3S/c1-2-31-22(30)20-18(17-7-4-3-5-8-17)16-32-21(20)26-19(29)15-27-11-13-28(14-12-27)23-24-9-6-10-25-23/h3-10,16H,2,11-15H2,1H3,(H,26,29). The highest BCUT2D eigenvalue weighted by Gasteiger charge is 2.24. The summed E-state index contributed by atoms with van der Waals surface area (Å²) in [6, 6.07) is 11.4. The lowest BCUT2D eigenvalue weighted by atomic mass is 10.0. The largest absolute Gasteiger partial charge is 0.462 e. The maximum atomic E-state index is 12.8. The maximum Gasteiger partial charge on any atom is 0.341 e. The second-order valence-electron chi connectivity index (χ2n) is 7.30. The summed E-state index contributed by atoms with van der Waals surface area (Å²) >= 11 is 1.34. The normalized spacial score (nSPS) is 14.2. The number of anilines is 2. The molecule has 1 saturated heterocycles. The molecule has 0 aliphatic carbocycles. The number of ether oxygens (including phenoxy) is 1. The zero-order valence-electron chi connectivity index (χ0n) is 17.9. The molecular formula is C23H25N5O3S. The summed E-state index contributed by atoms with van der Waals surface area (Å²) in [6.45, 7) is 5.26. The molecule has 0 radical (unpaired) electrons. The van der Waals surface area contributed by atoms with Crippen LogP contribution in [-0.4, -0.2) is 66.1 Å². The van der Waals surface area contributed by atoms with Crippen molar-refractivity contribution in [1.82, 2.24) is 14.9 Å². The lowest BCUT2D eigenvalue weighted by Gasteiger charge is -2.34. The number of thiophene rings is 1. The molecule has 0 atom stereocenters. The Kier molecular flexibility index (Phi) is 7.08. The van der Waals surface area contributed by atoms with Crippen molar-refractivity contribution < 1.29 is 14.3 Å². The van der Waals surface area contributed by atoms with Gasteiger partial charge in [-0.25, -0.2) is 14.8 Å². The van der Waals surface area contributed by atoms with E-state index in [1.807, 2.05) is 35.7 Å². The van der Waals surface area contributed by atoms with Gasteiger partial charge >= 0.3 is 5.97 Å². The van der Waals surface area contributed by atoms with Crippen molar-refractivity contribution in [1.29, 1.82) is 0 Å².